The van der Waals surface area contributed by atoms with E-state index in [-0.39, 0.29) is 0 Å². The largest absolute Gasteiger partial charge is 0.0622 e. The molecule has 2 bridgehead atoms. The summed E-state index contributed by atoms with van der Waals surface area (Å²) in [7, 11) is 0. The van der Waals surface area contributed by atoms with E-state index in [0.717, 1.165) is 23.7 Å². The molecule has 0 amide bonds. The zero-order valence-corrected chi connectivity index (χ0v) is 6.43. The third-order valence-corrected chi connectivity index (χ3v) is 3.72. The van der Waals surface area contributed by atoms with Crippen LogP contribution in [0.25, 0.3) is 0 Å². The van der Waals surface area contributed by atoms with Crippen molar-refractivity contribution >= 4 is 0 Å². The van der Waals surface area contributed by atoms with E-state index < -0.39 is 0 Å². The van der Waals surface area contributed by atoms with Crippen molar-refractivity contribution < 1.29 is 0 Å². The molecule has 0 aromatic carbocycles. The molecular formula is C9H16. The highest BCUT2D eigenvalue weighted by molar-refractivity contribution is 4.93. The molecule has 0 heterocycles. The zero-order chi connectivity index (χ0) is 6.43. The number of hydrogen-bond acceptors (Lipinski definition) is 0. The second-order valence-corrected chi connectivity index (χ2v) is 4.07. The van der Waals surface area contributed by atoms with Gasteiger partial charge in [0.1, 0.15) is 0 Å². The molecule has 0 aliphatic heterocycles. The lowest BCUT2D eigenvalue weighted by atomic mass is 9.54. The maximum Gasteiger partial charge on any atom is -0.0357 e. The molecule has 0 nitrogen and oxygen atoms in total. The Kier molecular flexibility index (Phi) is 1.12. The van der Waals surface area contributed by atoms with Crippen LogP contribution in [-0.4, -0.2) is 0 Å². The smallest absolute Gasteiger partial charge is 0.0357 e. The van der Waals surface area contributed by atoms with Crippen molar-refractivity contribution in [1.82, 2.24) is 0 Å². The highest BCUT2D eigenvalue weighted by atomic mass is 14.5. The van der Waals surface area contributed by atoms with Gasteiger partial charge in [0.2, 0.25) is 0 Å². The Hall–Kier alpha value is 0. The lowest BCUT2D eigenvalue weighted by Crippen LogP contribution is -2.43. The van der Waals surface area contributed by atoms with Crippen molar-refractivity contribution in [3.8, 4) is 0 Å². The highest BCUT2D eigenvalue weighted by Gasteiger charge is 2.43. The van der Waals surface area contributed by atoms with Crippen molar-refractivity contribution in [2.24, 2.45) is 23.7 Å². The first kappa shape index (κ1) is 5.76. The molecule has 0 saturated heterocycles. The first-order valence-corrected chi connectivity index (χ1v) is 4.29. The molecule has 3 fully saturated rings. The first-order valence-electron chi connectivity index (χ1n) is 4.29. The van der Waals surface area contributed by atoms with E-state index in [0.29, 0.717) is 0 Å². The molecule has 3 aliphatic rings. The molecule has 0 aromatic heterocycles. The van der Waals surface area contributed by atoms with Gasteiger partial charge in [0.05, 0.1) is 0 Å². The van der Waals surface area contributed by atoms with Gasteiger partial charge in [-0.15, -0.1) is 0 Å². The van der Waals surface area contributed by atoms with E-state index in [9.17, 15) is 0 Å². The Labute approximate surface area is 57.6 Å². The zero-order valence-electron chi connectivity index (χ0n) is 6.43. The first-order chi connectivity index (χ1) is 4.29. The van der Waals surface area contributed by atoms with E-state index in [1.807, 2.05) is 0 Å². The summed E-state index contributed by atoms with van der Waals surface area (Å²) in [5.74, 6) is 4.37. The number of fused-ring (bicyclic) bond motifs is 2. The third kappa shape index (κ3) is 0.653. The Morgan fingerprint density at radius 3 is 2.22 bits per heavy atom. The Morgan fingerprint density at radius 1 is 1.11 bits per heavy atom. The molecule has 1 unspecified atom stereocenters. The Bertz CT molecular complexity index is 111. The predicted molar refractivity (Wildman–Crippen MR) is 39.2 cm³/mol. The van der Waals surface area contributed by atoms with E-state index in [4.69, 9.17) is 0 Å². The van der Waals surface area contributed by atoms with Crippen LogP contribution in [0, 0.1) is 23.7 Å². The summed E-state index contributed by atoms with van der Waals surface area (Å²) in [5.41, 5.74) is 0. The number of hydrogen-bond donors (Lipinski definition) is 0. The number of rotatable bonds is 0. The van der Waals surface area contributed by atoms with Gasteiger partial charge in [-0.05, 0) is 36.5 Å². The van der Waals surface area contributed by atoms with Crippen molar-refractivity contribution in [2.45, 2.75) is 33.1 Å². The van der Waals surface area contributed by atoms with Gasteiger partial charge >= 0.3 is 0 Å². The van der Waals surface area contributed by atoms with Gasteiger partial charge in [0.25, 0.3) is 0 Å². The van der Waals surface area contributed by atoms with Crippen molar-refractivity contribution in [3.63, 3.8) is 0 Å². The van der Waals surface area contributed by atoms with Crippen molar-refractivity contribution in [1.29, 1.82) is 0 Å². The average molecular weight is 124 g/mol. The molecule has 0 radical (unpaired) electrons. The fourth-order valence-electron chi connectivity index (χ4n) is 2.75. The van der Waals surface area contributed by atoms with Gasteiger partial charge in [-0.1, -0.05) is 20.3 Å². The lowest BCUT2D eigenvalue weighted by molar-refractivity contribution is -0.0159. The molecule has 9 heavy (non-hydrogen) atoms. The maximum absolute atomic E-state index is 2.44. The van der Waals surface area contributed by atoms with Gasteiger partial charge in [0, 0.05) is 0 Å². The third-order valence-electron chi connectivity index (χ3n) is 3.72. The maximum atomic E-state index is 2.44. The summed E-state index contributed by atoms with van der Waals surface area (Å²) in [5, 5.41) is 0. The minimum atomic E-state index is 1.05. The van der Waals surface area contributed by atoms with E-state index in [2.05, 4.69) is 13.8 Å². The molecule has 3 rings (SSSR count). The molecule has 0 aromatic rings. The van der Waals surface area contributed by atoms with Gasteiger partial charge in [-0.3, -0.25) is 0 Å². The van der Waals surface area contributed by atoms with Crippen molar-refractivity contribution in [2.75, 3.05) is 0 Å². The molecule has 52 valence electrons. The molecular weight excluding hydrogens is 108 g/mol. The summed E-state index contributed by atoms with van der Waals surface area (Å²) in [6, 6.07) is 0. The Balaban J connectivity index is 2.06. The molecule has 4 atom stereocenters. The molecule has 0 spiro atoms. The quantitative estimate of drug-likeness (QED) is 0.465. The minimum absolute atomic E-state index is 1.05. The van der Waals surface area contributed by atoms with Crippen molar-refractivity contribution in [3.05, 3.63) is 0 Å². The Morgan fingerprint density at radius 2 is 1.89 bits per heavy atom. The van der Waals surface area contributed by atoms with E-state index >= 15 is 0 Å². The van der Waals surface area contributed by atoms with Crippen LogP contribution >= 0.6 is 0 Å². The van der Waals surface area contributed by atoms with E-state index in [1.165, 1.54) is 12.8 Å². The van der Waals surface area contributed by atoms with Crippen LogP contribution in [0.2, 0.25) is 0 Å². The summed E-state index contributed by atoms with van der Waals surface area (Å²) in [4.78, 5) is 0. The van der Waals surface area contributed by atoms with Gasteiger partial charge in [0.15, 0.2) is 0 Å². The van der Waals surface area contributed by atoms with Crippen LogP contribution in [0.1, 0.15) is 33.1 Å². The SMILES string of the molecule is CC1[C@H]2CC[C@@H](C)[C@@H]1C2. The average Bonchev–Trinajstić information content (AvgIpc) is 1.86. The standard InChI is InChI=1S/C9H16/c1-6-3-4-8-5-9(6)7(8)2/h6-9H,3-5H2,1-2H3/t6-,7?,8+,9+/m1/s1. The highest BCUT2D eigenvalue weighted by Crippen LogP contribution is 2.52. The second-order valence-electron chi connectivity index (χ2n) is 4.07. The van der Waals surface area contributed by atoms with Gasteiger partial charge in [-0.25, -0.2) is 0 Å². The molecule has 0 N–H and O–H groups in total. The summed E-state index contributed by atoms with van der Waals surface area (Å²) >= 11 is 0. The van der Waals surface area contributed by atoms with Crippen LogP contribution in [0.15, 0.2) is 0 Å². The molecule has 3 aliphatic carbocycles. The van der Waals surface area contributed by atoms with Crippen LogP contribution in [0.5, 0.6) is 0 Å². The summed E-state index contributed by atoms with van der Waals surface area (Å²) in [6.07, 6.45) is 4.60. The summed E-state index contributed by atoms with van der Waals surface area (Å²) in [6.45, 7) is 4.87. The molecule has 0 heteroatoms. The fraction of sp³-hybridized carbons (Fsp3) is 1.00. The normalized spacial score (nSPS) is 56.7. The van der Waals surface area contributed by atoms with Crippen LogP contribution < -0.4 is 0 Å². The van der Waals surface area contributed by atoms with E-state index in [1.54, 1.807) is 6.42 Å². The molecule has 3 saturated carbocycles. The minimum Gasteiger partial charge on any atom is -0.0622 e. The second kappa shape index (κ2) is 1.74. The van der Waals surface area contributed by atoms with Gasteiger partial charge in [-0.2, -0.15) is 0 Å². The van der Waals surface area contributed by atoms with Crippen LogP contribution in [-0.2, 0) is 0 Å². The fourth-order valence-corrected chi connectivity index (χ4v) is 2.75. The monoisotopic (exact) mass is 124 g/mol. The lowest BCUT2D eigenvalue weighted by Gasteiger charge is -2.51. The van der Waals surface area contributed by atoms with Crippen LogP contribution in [0.4, 0.5) is 0 Å². The topological polar surface area (TPSA) is 0 Å². The predicted octanol–water partition coefficient (Wildman–Crippen LogP) is 2.69. The van der Waals surface area contributed by atoms with Crippen LogP contribution in [0.3, 0.4) is 0 Å². The summed E-state index contributed by atoms with van der Waals surface area (Å²) < 4.78 is 0. The van der Waals surface area contributed by atoms with Gasteiger partial charge < -0.3 is 0 Å².